The van der Waals surface area contributed by atoms with Crippen LogP contribution in [0.1, 0.15) is 65.8 Å². The Balaban J connectivity index is 1.89. The first-order valence-electron chi connectivity index (χ1n) is 12.1. The third-order valence-electron chi connectivity index (χ3n) is 6.47. The lowest BCUT2D eigenvalue weighted by Crippen LogP contribution is -2.35. The van der Waals surface area contributed by atoms with Gasteiger partial charge in [-0.25, -0.2) is 9.78 Å². The van der Waals surface area contributed by atoms with E-state index < -0.39 is 11.9 Å². The van der Waals surface area contributed by atoms with Gasteiger partial charge in [0.1, 0.15) is 16.9 Å². The lowest BCUT2D eigenvalue weighted by atomic mass is 9.94. The van der Waals surface area contributed by atoms with Gasteiger partial charge in [-0.3, -0.25) is 14.0 Å². The van der Waals surface area contributed by atoms with Crippen LogP contribution in [0.4, 0.5) is 0 Å². The van der Waals surface area contributed by atoms with E-state index in [1.54, 1.807) is 55.6 Å². The molecule has 4 aromatic rings. The Bertz CT molecular complexity index is 1600. The highest BCUT2D eigenvalue weighted by Gasteiger charge is 2.25. The second-order valence-corrected chi connectivity index (χ2v) is 9.21. The maximum atomic E-state index is 13.5. The molecule has 0 aliphatic heterocycles. The Morgan fingerprint density at radius 2 is 1.86 bits per heavy atom. The quantitative estimate of drug-likeness (QED) is 0.296. The second-order valence-electron chi connectivity index (χ2n) is 8.77. The van der Waals surface area contributed by atoms with Crippen molar-refractivity contribution < 1.29 is 14.3 Å². The molecule has 1 saturated carbocycles. The average Bonchev–Trinajstić information content (AvgIpc) is 2.89. The van der Waals surface area contributed by atoms with Crippen molar-refractivity contribution in [2.75, 3.05) is 6.61 Å². The summed E-state index contributed by atoms with van der Waals surface area (Å²) >= 11 is 5.99. The highest BCUT2D eigenvalue weighted by Crippen LogP contribution is 2.29. The van der Waals surface area contributed by atoms with E-state index in [9.17, 15) is 14.4 Å². The zero-order valence-electron chi connectivity index (χ0n) is 19.8. The van der Waals surface area contributed by atoms with Crippen LogP contribution >= 0.6 is 11.6 Å². The van der Waals surface area contributed by atoms with Gasteiger partial charge in [-0.2, -0.15) is 4.99 Å². The van der Waals surface area contributed by atoms with E-state index in [0.29, 0.717) is 21.9 Å². The summed E-state index contributed by atoms with van der Waals surface area (Å²) in [5, 5.41) is 0.767. The number of aromatic nitrogens is 3. The third-order valence-corrected chi connectivity index (χ3v) is 6.72. The summed E-state index contributed by atoms with van der Waals surface area (Å²) in [4.78, 5) is 49.1. The van der Waals surface area contributed by atoms with E-state index in [1.807, 2.05) is 4.57 Å². The molecule has 1 fully saturated rings. The molecule has 3 aromatic heterocycles. The molecule has 184 valence electrons. The van der Waals surface area contributed by atoms with Crippen molar-refractivity contribution in [2.45, 2.75) is 45.1 Å². The molecular formula is C27H25ClN4O4. The Labute approximate surface area is 211 Å². The standard InChI is InChI=1S/C27H25ClN4O4/c1-2-36-27(35)21-16-20-23(29-22-10-6-7-15-31(22)26(20)34)32(19-8-4-3-5-9-19)24(21)30-25(33)17-11-13-18(28)14-12-17/h6-7,10-16,19H,2-5,8-9H2,1H3. The molecular weight excluding hydrogens is 480 g/mol. The van der Waals surface area contributed by atoms with Crippen LogP contribution in [-0.4, -0.2) is 32.4 Å². The number of fused-ring (bicyclic) bond motifs is 2. The number of hydrogen-bond acceptors (Lipinski definition) is 5. The van der Waals surface area contributed by atoms with Crippen LogP contribution in [0, 0.1) is 0 Å². The maximum Gasteiger partial charge on any atom is 0.341 e. The van der Waals surface area contributed by atoms with Gasteiger partial charge in [-0.15, -0.1) is 0 Å². The van der Waals surface area contributed by atoms with Crippen LogP contribution < -0.4 is 11.0 Å². The van der Waals surface area contributed by atoms with Crippen molar-refractivity contribution in [1.29, 1.82) is 0 Å². The molecule has 0 N–H and O–H groups in total. The van der Waals surface area contributed by atoms with Crippen molar-refractivity contribution >= 4 is 40.2 Å². The topological polar surface area (TPSA) is 95.0 Å². The number of rotatable bonds is 4. The fourth-order valence-corrected chi connectivity index (χ4v) is 4.88. The molecule has 0 spiro atoms. The number of halogens is 1. The summed E-state index contributed by atoms with van der Waals surface area (Å²) in [5.41, 5.74) is 1.11. The normalized spacial score (nSPS) is 14.9. The van der Waals surface area contributed by atoms with E-state index in [2.05, 4.69) is 4.99 Å². The Morgan fingerprint density at radius 1 is 1.11 bits per heavy atom. The molecule has 1 amide bonds. The summed E-state index contributed by atoms with van der Waals surface area (Å²) in [6.45, 7) is 1.84. The molecule has 0 saturated heterocycles. The predicted octanol–water partition coefficient (Wildman–Crippen LogP) is 4.73. The van der Waals surface area contributed by atoms with Crippen LogP contribution in [0.3, 0.4) is 0 Å². The van der Waals surface area contributed by atoms with E-state index >= 15 is 0 Å². The van der Waals surface area contributed by atoms with Crippen molar-refractivity contribution in [3.05, 3.63) is 86.7 Å². The number of hydrogen-bond donors (Lipinski definition) is 0. The molecule has 1 aliphatic carbocycles. The molecule has 1 aliphatic rings. The summed E-state index contributed by atoms with van der Waals surface area (Å²) in [6.07, 6.45) is 6.35. The molecule has 1 aromatic carbocycles. The summed E-state index contributed by atoms with van der Waals surface area (Å²) < 4.78 is 8.57. The van der Waals surface area contributed by atoms with Crippen LogP contribution in [-0.2, 0) is 4.74 Å². The average molecular weight is 505 g/mol. The lowest BCUT2D eigenvalue weighted by molar-refractivity contribution is 0.0523. The summed E-state index contributed by atoms with van der Waals surface area (Å²) in [7, 11) is 0. The van der Waals surface area contributed by atoms with Gasteiger partial charge in [0.15, 0.2) is 5.49 Å². The van der Waals surface area contributed by atoms with Gasteiger partial charge in [0.25, 0.3) is 11.5 Å². The Morgan fingerprint density at radius 3 is 2.58 bits per heavy atom. The second kappa shape index (κ2) is 10.1. The van der Waals surface area contributed by atoms with E-state index in [-0.39, 0.29) is 34.6 Å². The van der Waals surface area contributed by atoms with Crippen molar-refractivity contribution in [2.24, 2.45) is 4.99 Å². The zero-order chi connectivity index (χ0) is 25.2. The minimum Gasteiger partial charge on any atom is -0.462 e. The Kier molecular flexibility index (Phi) is 6.69. The third kappa shape index (κ3) is 4.44. The largest absolute Gasteiger partial charge is 0.462 e. The zero-order valence-corrected chi connectivity index (χ0v) is 20.6. The lowest BCUT2D eigenvalue weighted by Gasteiger charge is -2.27. The van der Waals surface area contributed by atoms with Crippen LogP contribution in [0.2, 0.25) is 5.02 Å². The first-order chi connectivity index (χ1) is 17.5. The number of pyridine rings is 2. The van der Waals surface area contributed by atoms with Crippen molar-refractivity contribution in [1.82, 2.24) is 14.0 Å². The molecule has 8 nitrogen and oxygen atoms in total. The van der Waals surface area contributed by atoms with E-state index in [4.69, 9.17) is 21.3 Å². The summed E-state index contributed by atoms with van der Waals surface area (Å²) in [5.74, 6) is -1.18. The number of benzene rings is 1. The molecule has 36 heavy (non-hydrogen) atoms. The fraction of sp³-hybridized carbons (Fsp3) is 0.296. The van der Waals surface area contributed by atoms with Gasteiger partial charge in [0.05, 0.1) is 12.0 Å². The van der Waals surface area contributed by atoms with Gasteiger partial charge in [-0.1, -0.05) is 36.9 Å². The SMILES string of the molecule is CCOC(=O)c1cc2c(=O)n3ccccc3nc2n(C2CCCCC2)c1=NC(=O)c1ccc(Cl)cc1. The van der Waals surface area contributed by atoms with Crippen molar-refractivity contribution in [3.8, 4) is 0 Å². The molecule has 0 atom stereocenters. The molecule has 3 heterocycles. The van der Waals surface area contributed by atoms with Gasteiger partial charge in [-0.05, 0) is 62.2 Å². The fourth-order valence-electron chi connectivity index (χ4n) is 4.75. The summed E-state index contributed by atoms with van der Waals surface area (Å²) in [6, 6.07) is 13.1. The number of esters is 1. The monoisotopic (exact) mass is 504 g/mol. The molecule has 0 bridgehead atoms. The van der Waals surface area contributed by atoms with Gasteiger partial charge in [0.2, 0.25) is 0 Å². The minimum atomic E-state index is -0.649. The van der Waals surface area contributed by atoms with Crippen LogP contribution in [0.5, 0.6) is 0 Å². The van der Waals surface area contributed by atoms with Crippen molar-refractivity contribution in [3.63, 3.8) is 0 Å². The van der Waals surface area contributed by atoms with Gasteiger partial charge in [0, 0.05) is 22.8 Å². The highest BCUT2D eigenvalue weighted by molar-refractivity contribution is 6.30. The van der Waals surface area contributed by atoms with Crippen LogP contribution in [0.25, 0.3) is 16.7 Å². The van der Waals surface area contributed by atoms with Crippen LogP contribution in [0.15, 0.2) is 64.5 Å². The maximum absolute atomic E-state index is 13.5. The molecule has 5 rings (SSSR count). The van der Waals surface area contributed by atoms with E-state index in [1.165, 1.54) is 10.5 Å². The minimum absolute atomic E-state index is 0.0621. The highest BCUT2D eigenvalue weighted by atomic mass is 35.5. The predicted molar refractivity (Wildman–Crippen MR) is 136 cm³/mol. The number of carbonyl (C=O) groups is 2. The molecule has 9 heteroatoms. The Hall–Kier alpha value is -3.78. The smallest absolute Gasteiger partial charge is 0.341 e. The first-order valence-corrected chi connectivity index (χ1v) is 12.4. The molecule has 0 unspecified atom stereocenters. The number of ether oxygens (including phenoxy) is 1. The molecule has 0 radical (unpaired) electrons. The van der Waals surface area contributed by atoms with Gasteiger partial charge < -0.3 is 9.30 Å². The number of nitrogens with zero attached hydrogens (tertiary/aromatic N) is 4. The number of amides is 1. The first kappa shape index (κ1) is 23.9. The number of carbonyl (C=O) groups excluding carboxylic acids is 2. The van der Waals surface area contributed by atoms with E-state index in [0.717, 1.165) is 32.1 Å². The van der Waals surface area contributed by atoms with Gasteiger partial charge >= 0.3 is 5.97 Å².